The molecule has 7 nitrogen and oxygen atoms in total. The van der Waals surface area contributed by atoms with Gasteiger partial charge in [0, 0.05) is 11.3 Å². The Morgan fingerprint density at radius 2 is 1.96 bits per heavy atom. The smallest absolute Gasteiger partial charge is 0.306 e. The first-order valence-corrected chi connectivity index (χ1v) is 8.95. The quantitative estimate of drug-likeness (QED) is 0.719. The molecule has 0 aliphatic carbocycles. The van der Waals surface area contributed by atoms with Gasteiger partial charge >= 0.3 is 5.69 Å². The number of aromatic nitrogens is 2. The number of thioether (sulfide) groups is 1. The maximum absolute atomic E-state index is 12.7. The van der Waals surface area contributed by atoms with Crippen LogP contribution in [0, 0.1) is 0 Å². The summed E-state index contributed by atoms with van der Waals surface area (Å²) in [5, 5.41) is 3.64. The van der Waals surface area contributed by atoms with E-state index in [1.165, 1.54) is 17.8 Å². The van der Waals surface area contributed by atoms with Crippen LogP contribution in [0.15, 0.2) is 63.1 Å². The molecule has 0 saturated carbocycles. The molecule has 0 unspecified atom stereocenters. The van der Waals surface area contributed by atoms with Crippen LogP contribution in [-0.2, 0) is 0 Å². The number of fused-ring (bicyclic) bond motifs is 1. The van der Waals surface area contributed by atoms with E-state index in [1.807, 2.05) is 6.07 Å². The minimum atomic E-state index is -0.554. The molecule has 1 aliphatic rings. The number of amidine groups is 1. The zero-order valence-corrected chi connectivity index (χ0v) is 14.4. The van der Waals surface area contributed by atoms with Gasteiger partial charge in [-0.3, -0.25) is 14.6 Å². The Kier molecular flexibility index (Phi) is 4.18. The number of amides is 1. The Balaban J connectivity index is 1.77. The van der Waals surface area contributed by atoms with E-state index in [9.17, 15) is 14.4 Å². The van der Waals surface area contributed by atoms with E-state index in [4.69, 9.17) is 0 Å². The average Bonchev–Trinajstić information content (AvgIpc) is 3.15. The number of carbonyl (C=O) groups excluding carboxylic acids is 1. The van der Waals surface area contributed by atoms with Crippen LogP contribution in [0.2, 0.25) is 0 Å². The predicted octanol–water partition coefficient (Wildman–Crippen LogP) is 1.51. The van der Waals surface area contributed by atoms with Crippen molar-refractivity contribution < 1.29 is 4.79 Å². The Bertz CT molecular complexity index is 1150. The van der Waals surface area contributed by atoms with Gasteiger partial charge in [0.2, 0.25) is 0 Å². The van der Waals surface area contributed by atoms with Crippen molar-refractivity contribution in [2.75, 3.05) is 12.3 Å². The van der Waals surface area contributed by atoms with Crippen LogP contribution >= 0.6 is 11.8 Å². The summed E-state index contributed by atoms with van der Waals surface area (Å²) >= 11 is 1.48. The fourth-order valence-corrected chi connectivity index (χ4v) is 3.47. The van der Waals surface area contributed by atoms with Crippen molar-refractivity contribution >= 4 is 33.7 Å². The highest BCUT2D eigenvalue weighted by molar-refractivity contribution is 8.14. The molecule has 0 atom stereocenters. The number of aliphatic imine (C=N–C) groups is 1. The summed E-state index contributed by atoms with van der Waals surface area (Å²) in [6.07, 6.45) is 0. The highest BCUT2D eigenvalue weighted by Crippen LogP contribution is 2.13. The lowest BCUT2D eigenvalue weighted by Gasteiger charge is -2.08. The molecule has 4 rings (SSSR count). The van der Waals surface area contributed by atoms with Gasteiger partial charge in [-0.1, -0.05) is 30.0 Å². The van der Waals surface area contributed by atoms with E-state index in [0.717, 1.165) is 10.3 Å². The maximum Gasteiger partial charge on any atom is 0.333 e. The highest BCUT2D eigenvalue weighted by atomic mass is 32.2. The lowest BCUT2D eigenvalue weighted by Crippen LogP contribution is -2.33. The zero-order chi connectivity index (χ0) is 18.1. The number of hydrogen-bond acceptors (Lipinski definition) is 5. The second kappa shape index (κ2) is 6.64. The standard InChI is InChI=1S/C18H14N4O3S/c23-15(21-17-19-8-9-26-17)11-6-7-13-14(10-11)20-18(25)22(16(13)24)12-4-2-1-3-5-12/h1-7,10H,8-9H2,(H,20,25)(H,19,21,23). The number of para-hydroxylation sites is 1. The SMILES string of the molecule is O=C(NC1=NCCS1)c1ccc2c(=O)n(-c3ccccc3)c(=O)[nH]c2c1. The van der Waals surface area contributed by atoms with Gasteiger partial charge in [-0.05, 0) is 30.3 Å². The average molecular weight is 366 g/mol. The van der Waals surface area contributed by atoms with Gasteiger partial charge in [-0.2, -0.15) is 0 Å². The zero-order valence-electron chi connectivity index (χ0n) is 13.6. The van der Waals surface area contributed by atoms with E-state index >= 15 is 0 Å². The number of carbonyl (C=O) groups is 1. The Labute approximate surface area is 151 Å². The number of H-pyrrole nitrogens is 1. The number of hydrogen-bond donors (Lipinski definition) is 2. The molecule has 2 heterocycles. The van der Waals surface area contributed by atoms with E-state index < -0.39 is 11.2 Å². The molecule has 0 fully saturated rings. The van der Waals surface area contributed by atoms with E-state index in [1.54, 1.807) is 36.4 Å². The van der Waals surface area contributed by atoms with Crippen LogP contribution < -0.4 is 16.6 Å². The molecular weight excluding hydrogens is 352 g/mol. The predicted molar refractivity (Wildman–Crippen MR) is 102 cm³/mol. The Morgan fingerprint density at radius 3 is 2.69 bits per heavy atom. The van der Waals surface area contributed by atoms with E-state index in [2.05, 4.69) is 15.3 Å². The second-order valence-corrected chi connectivity index (χ2v) is 6.74. The molecule has 1 amide bonds. The minimum absolute atomic E-state index is 0.320. The molecular formula is C18H14N4O3S. The maximum atomic E-state index is 12.7. The Morgan fingerprint density at radius 1 is 1.15 bits per heavy atom. The van der Waals surface area contributed by atoms with Crippen LogP contribution in [-0.4, -0.2) is 32.9 Å². The third-order valence-electron chi connectivity index (χ3n) is 3.98. The van der Waals surface area contributed by atoms with Crippen molar-refractivity contribution in [1.82, 2.24) is 14.9 Å². The van der Waals surface area contributed by atoms with Gasteiger partial charge in [0.05, 0.1) is 23.1 Å². The fourth-order valence-electron chi connectivity index (χ4n) is 2.75. The molecule has 0 saturated heterocycles. The molecule has 3 aromatic rings. The van der Waals surface area contributed by atoms with Gasteiger partial charge < -0.3 is 10.3 Å². The third kappa shape index (κ3) is 2.95. The first-order chi connectivity index (χ1) is 12.6. The topological polar surface area (TPSA) is 96.3 Å². The molecule has 130 valence electrons. The summed E-state index contributed by atoms with van der Waals surface area (Å²) in [6.45, 7) is 0.685. The van der Waals surface area contributed by atoms with Crippen molar-refractivity contribution in [2.24, 2.45) is 4.99 Å². The van der Waals surface area contributed by atoms with Crippen LogP contribution in [0.1, 0.15) is 10.4 Å². The second-order valence-electron chi connectivity index (χ2n) is 5.66. The normalized spacial score (nSPS) is 13.6. The molecule has 1 aliphatic heterocycles. The van der Waals surface area contributed by atoms with Gasteiger partial charge in [0.25, 0.3) is 11.5 Å². The first kappa shape index (κ1) is 16.3. The van der Waals surface area contributed by atoms with Gasteiger partial charge in [-0.25, -0.2) is 9.36 Å². The molecule has 2 aromatic carbocycles. The summed E-state index contributed by atoms with van der Waals surface area (Å²) < 4.78 is 1.08. The van der Waals surface area contributed by atoms with Crippen molar-refractivity contribution in [1.29, 1.82) is 0 Å². The summed E-state index contributed by atoms with van der Waals surface area (Å²) in [7, 11) is 0. The molecule has 0 spiro atoms. The lowest BCUT2D eigenvalue weighted by atomic mass is 10.1. The van der Waals surface area contributed by atoms with Crippen molar-refractivity contribution in [3.05, 3.63) is 74.9 Å². The van der Waals surface area contributed by atoms with Crippen molar-refractivity contribution in [3.63, 3.8) is 0 Å². The van der Waals surface area contributed by atoms with Crippen LogP contribution in [0.3, 0.4) is 0 Å². The summed E-state index contributed by atoms with van der Waals surface area (Å²) in [6, 6.07) is 13.3. The summed E-state index contributed by atoms with van der Waals surface area (Å²) in [4.78, 5) is 44.3. The van der Waals surface area contributed by atoms with Crippen molar-refractivity contribution in [2.45, 2.75) is 0 Å². The number of rotatable bonds is 2. The largest absolute Gasteiger partial charge is 0.333 e. The monoisotopic (exact) mass is 366 g/mol. The molecule has 2 N–H and O–H groups in total. The summed E-state index contributed by atoms with van der Waals surface area (Å²) in [5.41, 5.74) is 0.166. The Hall–Kier alpha value is -3.13. The lowest BCUT2D eigenvalue weighted by molar-refractivity contribution is 0.0978. The molecule has 0 radical (unpaired) electrons. The third-order valence-corrected chi connectivity index (χ3v) is 4.87. The first-order valence-electron chi connectivity index (χ1n) is 7.96. The van der Waals surface area contributed by atoms with E-state index in [0.29, 0.717) is 33.9 Å². The van der Waals surface area contributed by atoms with Crippen LogP contribution in [0.25, 0.3) is 16.6 Å². The molecule has 8 heteroatoms. The van der Waals surface area contributed by atoms with Crippen molar-refractivity contribution in [3.8, 4) is 5.69 Å². The summed E-state index contributed by atoms with van der Waals surface area (Å²) in [5.74, 6) is 0.521. The van der Waals surface area contributed by atoms with Crippen LogP contribution in [0.4, 0.5) is 0 Å². The van der Waals surface area contributed by atoms with Gasteiger partial charge in [0.1, 0.15) is 0 Å². The minimum Gasteiger partial charge on any atom is -0.306 e. The molecule has 0 bridgehead atoms. The number of nitrogens with one attached hydrogen (secondary N) is 2. The van der Waals surface area contributed by atoms with Gasteiger partial charge in [0.15, 0.2) is 5.17 Å². The van der Waals surface area contributed by atoms with Gasteiger partial charge in [-0.15, -0.1) is 0 Å². The highest BCUT2D eigenvalue weighted by Gasteiger charge is 2.15. The number of aromatic amines is 1. The number of benzene rings is 2. The fraction of sp³-hybridized carbons (Fsp3) is 0.111. The van der Waals surface area contributed by atoms with Crippen LogP contribution in [0.5, 0.6) is 0 Å². The van der Waals surface area contributed by atoms with E-state index in [-0.39, 0.29) is 5.91 Å². The molecule has 1 aromatic heterocycles. The molecule has 26 heavy (non-hydrogen) atoms. The number of nitrogens with zero attached hydrogens (tertiary/aromatic N) is 2.